The van der Waals surface area contributed by atoms with Gasteiger partial charge in [-0.1, -0.05) is 41.1 Å². The highest BCUT2D eigenvalue weighted by atomic mass is 79.9. The van der Waals surface area contributed by atoms with Crippen molar-refractivity contribution < 1.29 is 10.2 Å². The molecule has 0 spiro atoms. The highest BCUT2D eigenvalue weighted by Gasteiger charge is 2.31. The molecule has 0 fully saturated rings. The summed E-state index contributed by atoms with van der Waals surface area (Å²) in [5.74, 6) is 0. The summed E-state index contributed by atoms with van der Waals surface area (Å²) in [6.45, 7) is 5.36. The topological polar surface area (TPSA) is 40.5 Å². The van der Waals surface area contributed by atoms with Crippen LogP contribution >= 0.6 is 15.9 Å². The molecule has 1 aromatic rings. The Kier molecular flexibility index (Phi) is 4.08. The van der Waals surface area contributed by atoms with Gasteiger partial charge in [-0.15, -0.1) is 6.58 Å². The Hall–Kier alpha value is -0.640. The summed E-state index contributed by atoms with van der Waals surface area (Å²) in [6, 6.07) is 7.22. The molecule has 2 atom stereocenters. The number of aliphatic hydroxyl groups excluding tert-OH is 1. The summed E-state index contributed by atoms with van der Waals surface area (Å²) in [5.41, 5.74) is -0.573. The van der Waals surface area contributed by atoms with Gasteiger partial charge in [0.15, 0.2) is 0 Å². The van der Waals surface area contributed by atoms with Gasteiger partial charge >= 0.3 is 0 Å². The highest BCUT2D eigenvalue weighted by molar-refractivity contribution is 9.10. The number of rotatable bonds is 4. The lowest BCUT2D eigenvalue weighted by atomic mass is 9.89. The van der Waals surface area contributed by atoms with Crippen LogP contribution in [0.5, 0.6) is 0 Å². The second-order valence-corrected chi connectivity index (χ2v) is 4.42. The average molecular weight is 271 g/mol. The SMILES string of the molecule is C=C[C@@](O)(CC)[C@H](O)c1ccc(Br)cc1. The van der Waals surface area contributed by atoms with Gasteiger partial charge in [0.2, 0.25) is 0 Å². The first-order chi connectivity index (χ1) is 7.03. The van der Waals surface area contributed by atoms with Crippen molar-refractivity contribution in [1.82, 2.24) is 0 Å². The van der Waals surface area contributed by atoms with Crippen molar-refractivity contribution in [3.63, 3.8) is 0 Å². The zero-order chi connectivity index (χ0) is 11.5. The maximum absolute atomic E-state index is 10.0. The lowest BCUT2D eigenvalue weighted by Gasteiger charge is -2.28. The fraction of sp³-hybridized carbons (Fsp3) is 0.333. The van der Waals surface area contributed by atoms with E-state index in [4.69, 9.17) is 0 Å². The van der Waals surface area contributed by atoms with Gasteiger partial charge in [-0.3, -0.25) is 0 Å². The maximum atomic E-state index is 10.0. The van der Waals surface area contributed by atoms with E-state index in [0.717, 1.165) is 4.47 Å². The van der Waals surface area contributed by atoms with Gasteiger partial charge in [0.1, 0.15) is 11.7 Å². The largest absolute Gasteiger partial charge is 0.385 e. The highest BCUT2D eigenvalue weighted by Crippen LogP contribution is 2.30. The van der Waals surface area contributed by atoms with Crippen LogP contribution < -0.4 is 0 Å². The Labute approximate surface area is 98.4 Å². The molecule has 0 radical (unpaired) electrons. The van der Waals surface area contributed by atoms with Gasteiger partial charge in [0.25, 0.3) is 0 Å². The molecule has 2 N–H and O–H groups in total. The van der Waals surface area contributed by atoms with Crippen molar-refractivity contribution in [2.75, 3.05) is 0 Å². The van der Waals surface area contributed by atoms with Gasteiger partial charge < -0.3 is 10.2 Å². The van der Waals surface area contributed by atoms with Crippen molar-refractivity contribution in [3.05, 3.63) is 47.0 Å². The molecule has 0 saturated carbocycles. The number of hydrogen-bond donors (Lipinski definition) is 2. The predicted octanol–water partition coefficient (Wildman–Crippen LogP) is 2.81. The van der Waals surface area contributed by atoms with E-state index in [1.807, 2.05) is 19.1 Å². The number of halogens is 1. The third-order valence-corrected chi connectivity index (χ3v) is 3.11. The van der Waals surface area contributed by atoms with Gasteiger partial charge in [-0.25, -0.2) is 0 Å². The van der Waals surface area contributed by atoms with Gasteiger partial charge in [0, 0.05) is 4.47 Å². The van der Waals surface area contributed by atoms with E-state index in [9.17, 15) is 10.2 Å². The first-order valence-electron chi connectivity index (χ1n) is 4.83. The predicted molar refractivity (Wildman–Crippen MR) is 64.5 cm³/mol. The Bertz CT molecular complexity index is 334. The molecule has 1 aromatic carbocycles. The minimum absolute atomic E-state index is 0.424. The second-order valence-electron chi connectivity index (χ2n) is 3.50. The quantitative estimate of drug-likeness (QED) is 0.827. The lowest BCUT2D eigenvalue weighted by molar-refractivity contribution is -0.0433. The van der Waals surface area contributed by atoms with Crippen molar-refractivity contribution in [2.45, 2.75) is 25.0 Å². The van der Waals surface area contributed by atoms with E-state index >= 15 is 0 Å². The number of benzene rings is 1. The molecule has 0 heterocycles. The molecule has 0 aliphatic carbocycles. The smallest absolute Gasteiger partial charge is 0.112 e. The van der Waals surface area contributed by atoms with Crippen LogP contribution in [0.4, 0.5) is 0 Å². The van der Waals surface area contributed by atoms with E-state index in [1.165, 1.54) is 6.08 Å². The zero-order valence-electron chi connectivity index (χ0n) is 8.65. The van der Waals surface area contributed by atoms with Crippen LogP contribution in [0.15, 0.2) is 41.4 Å². The maximum Gasteiger partial charge on any atom is 0.112 e. The molecule has 0 saturated heterocycles. The van der Waals surface area contributed by atoms with Crippen molar-refractivity contribution in [3.8, 4) is 0 Å². The Morgan fingerprint density at radius 1 is 1.47 bits per heavy atom. The summed E-state index contributed by atoms with van der Waals surface area (Å²) in [4.78, 5) is 0. The fourth-order valence-corrected chi connectivity index (χ4v) is 1.65. The molecule has 0 unspecified atom stereocenters. The number of hydrogen-bond acceptors (Lipinski definition) is 2. The van der Waals surface area contributed by atoms with Crippen LogP contribution in [-0.4, -0.2) is 15.8 Å². The first-order valence-corrected chi connectivity index (χ1v) is 5.62. The third kappa shape index (κ3) is 2.68. The van der Waals surface area contributed by atoms with Gasteiger partial charge in [-0.2, -0.15) is 0 Å². The molecule has 3 heteroatoms. The molecule has 0 amide bonds. The van der Waals surface area contributed by atoms with Crippen LogP contribution in [0, 0.1) is 0 Å². The minimum atomic E-state index is -1.26. The van der Waals surface area contributed by atoms with Gasteiger partial charge in [-0.05, 0) is 24.1 Å². The van der Waals surface area contributed by atoms with Crippen LogP contribution in [0.25, 0.3) is 0 Å². The summed E-state index contributed by atoms with van der Waals surface area (Å²) in [7, 11) is 0. The fourth-order valence-electron chi connectivity index (χ4n) is 1.38. The van der Waals surface area contributed by atoms with E-state index in [-0.39, 0.29) is 0 Å². The molecule has 15 heavy (non-hydrogen) atoms. The van der Waals surface area contributed by atoms with E-state index in [1.54, 1.807) is 12.1 Å². The molecule has 0 aromatic heterocycles. The molecule has 0 aliphatic heterocycles. The Morgan fingerprint density at radius 2 is 2.00 bits per heavy atom. The summed E-state index contributed by atoms with van der Waals surface area (Å²) in [5, 5.41) is 20.0. The summed E-state index contributed by atoms with van der Waals surface area (Å²) in [6.07, 6.45) is 0.876. The average Bonchev–Trinajstić information content (AvgIpc) is 2.28. The lowest BCUT2D eigenvalue weighted by Crippen LogP contribution is -2.33. The molecule has 2 nitrogen and oxygen atoms in total. The summed E-state index contributed by atoms with van der Waals surface area (Å²) < 4.78 is 0.942. The zero-order valence-corrected chi connectivity index (χ0v) is 10.2. The molecule has 1 rings (SSSR count). The normalized spacial score (nSPS) is 16.8. The van der Waals surface area contributed by atoms with Crippen LogP contribution in [-0.2, 0) is 0 Å². The van der Waals surface area contributed by atoms with Crippen LogP contribution in [0.1, 0.15) is 25.0 Å². The first kappa shape index (κ1) is 12.4. The third-order valence-electron chi connectivity index (χ3n) is 2.58. The van der Waals surface area contributed by atoms with Crippen molar-refractivity contribution in [2.24, 2.45) is 0 Å². The Morgan fingerprint density at radius 3 is 2.40 bits per heavy atom. The monoisotopic (exact) mass is 270 g/mol. The number of aliphatic hydroxyl groups is 2. The Balaban J connectivity index is 2.97. The van der Waals surface area contributed by atoms with Crippen LogP contribution in [0.3, 0.4) is 0 Å². The molecular formula is C12H15BrO2. The van der Waals surface area contributed by atoms with E-state index in [0.29, 0.717) is 12.0 Å². The van der Waals surface area contributed by atoms with Crippen molar-refractivity contribution >= 4 is 15.9 Å². The minimum Gasteiger partial charge on any atom is -0.385 e. The van der Waals surface area contributed by atoms with E-state index < -0.39 is 11.7 Å². The molecular weight excluding hydrogens is 256 g/mol. The molecule has 82 valence electrons. The summed E-state index contributed by atoms with van der Waals surface area (Å²) >= 11 is 3.31. The van der Waals surface area contributed by atoms with E-state index in [2.05, 4.69) is 22.5 Å². The standard InChI is InChI=1S/C12H15BrO2/c1-3-12(15,4-2)11(14)9-5-7-10(13)8-6-9/h3,5-8,11,14-15H,1,4H2,2H3/t11-,12-/m1/s1. The second kappa shape index (κ2) is 4.92. The molecule has 0 bridgehead atoms. The molecule has 0 aliphatic rings. The van der Waals surface area contributed by atoms with Crippen molar-refractivity contribution in [1.29, 1.82) is 0 Å². The van der Waals surface area contributed by atoms with Gasteiger partial charge in [0.05, 0.1) is 0 Å². The van der Waals surface area contributed by atoms with Crippen LogP contribution in [0.2, 0.25) is 0 Å².